The molecule has 0 radical (unpaired) electrons. The van der Waals surface area contributed by atoms with Crippen LogP contribution in [0, 0.1) is 0 Å². The summed E-state index contributed by atoms with van der Waals surface area (Å²) in [6.07, 6.45) is 1.03. The molecule has 0 aliphatic rings. The number of aliphatic hydroxyl groups is 1. The van der Waals surface area contributed by atoms with Gasteiger partial charge in [-0.3, -0.25) is 4.79 Å². The van der Waals surface area contributed by atoms with Crippen LogP contribution in [0.2, 0.25) is 0 Å². The van der Waals surface area contributed by atoms with Gasteiger partial charge in [0, 0.05) is 25.5 Å². The second kappa shape index (κ2) is 7.74. The number of benzene rings is 1. The average molecular weight is 334 g/mol. The summed E-state index contributed by atoms with van der Waals surface area (Å²) in [5.41, 5.74) is 1.02. The number of nitrogens with one attached hydrogen (secondary N) is 1. The zero-order chi connectivity index (χ0) is 17.7. The van der Waals surface area contributed by atoms with E-state index < -0.39 is 6.10 Å². The number of methoxy groups -OCH3 is 3. The highest BCUT2D eigenvalue weighted by Crippen LogP contribution is 2.39. The normalized spacial score (nSPS) is 11.7. The molecular weight excluding hydrogens is 312 g/mol. The Kier molecular flexibility index (Phi) is 5.70. The van der Waals surface area contributed by atoms with Crippen molar-refractivity contribution in [3.63, 3.8) is 0 Å². The fourth-order valence-corrected chi connectivity index (χ4v) is 2.49. The lowest BCUT2D eigenvalue weighted by Gasteiger charge is -2.17. The van der Waals surface area contributed by atoms with Crippen molar-refractivity contribution in [2.24, 2.45) is 7.05 Å². The molecule has 1 aromatic heterocycles. The monoisotopic (exact) mass is 334 g/mol. The highest BCUT2D eigenvalue weighted by molar-refractivity contribution is 5.98. The van der Waals surface area contributed by atoms with Gasteiger partial charge in [0.15, 0.2) is 11.5 Å². The molecule has 1 unspecified atom stereocenters. The molecule has 2 aromatic rings. The van der Waals surface area contributed by atoms with Crippen LogP contribution in [0.25, 0.3) is 0 Å². The van der Waals surface area contributed by atoms with Crippen molar-refractivity contribution in [3.8, 4) is 17.2 Å². The maximum absolute atomic E-state index is 12.4. The number of carbonyl (C=O) groups excluding carboxylic acids is 1. The molecule has 7 heteroatoms. The average Bonchev–Trinajstić information content (AvgIpc) is 3.03. The first-order valence-corrected chi connectivity index (χ1v) is 7.39. The zero-order valence-electron chi connectivity index (χ0n) is 14.2. The summed E-state index contributed by atoms with van der Waals surface area (Å²) in [7, 11) is 6.26. The maximum atomic E-state index is 12.4. The van der Waals surface area contributed by atoms with E-state index >= 15 is 0 Å². The van der Waals surface area contributed by atoms with Crippen molar-refractivity contribution >= 4 is 5.91 Å². The fraction of sp³-hybridized carbons (Fsp3) is 0.353. The molecule has 2 N–H and O–H groups in total. The zero-order valence-corrected chi connectivity index (χ0v) is 14.2. The Labute approximate surface area is 140 Å². The Balaban J connectivity index is 2.16. The Morgan fingerprint density at radius 2 is 1.88 bits per heavy atom. The predicted octanol–water partition coefficient (Wildman–Crippen LogP) is 1.51. The van der Waals surface area contributed by atoms with Crippen LogP contribution in [-0.4, -0.2) is 43.5 Å². The van der Waals surface area contributed by atoms with Crippen molar-refractivity contribution in [2.75, 3.05) is 27.9 Å². The molecule has 0 aliphatic carbocycles. The first-order chi connectivity index (χ1) is 11.5. The molecule has 130 valence electrons. The molecule has 0 spiro atoms. The second-order valence-corrected chi connectivity index (χ2v) is 5.15. The van der Waals surface area contributed by atoms with Crippen LogP contribution in [0.3, 0.4) is 0 Å². The minimum absolute atomic E-state index is 0.0776. The summed E-state index contributed by atoms with van der Waals surface area (Å²) in [5.74, 6) is 0.717. The molecular formula is C17H22N2O5. The molecule has 1 aromatic carbocycles. The largest absolute Gasteiger partial charge is 0.493 e. The molecule has 0 aliphatic heterocycles. The topological polar surface area (TPSA) is 82.0 Å². The van der Waals surface area contributed by atoms with Gasteiger partial charge in [0.2, 0.25) is 5.75 Å². The fourth-order valence-electron chi connectivity index (χ4n) is 2.49. The van der Waals surface area contributed by atoms with Gasteiger partial charge in [-0.15, -0.1) is 0 Å². The van der Waals surface area contributed by atoms with Crippen LogP contribution in [0.5, 0.6) is 17.2 Å². The third kappa shape index (κ3) is 3.46. The van der Waals surface area contributed by atoms with E-state index in [9.17, 15) is 9.90 Å². The van der Waals surface area contributed by atoms with Crippen molar-refractivity contribution in [2.45, 2.75) is 6.10 Å². The van der Waals surface area contributed by atoms with E-state index in [1.807, 2.05) is 19.3 Å². The van der Waals surface area contributed by atoms with Crippen LogP contribution in [0.4, 0.5) is 0 Å². The molecule has 0 bridgehead atoms. The summed E-state index contributed by atoms with van der Waals surface area (Å²) in [6, 6.07) is 6.85. The van der Waals surface area contributed by atoms with Crippen molar-refractivity contribution in [1.29, 1.82) is 0 Å². The lowest BCUT2D eigenvalue weighted by atomic mass is 10.1. The number of rotatable bonds is 7. The number of aliphatic hydroxyl groups excluding tert-OH is 1. The van der Waals surface area contributed by atoms with Gasteiger partial charge in [-0.2, -0.15) is 0 Å². The number of carbonyl (C=O) groups is 1. The lowest BCUT2D eigenvalue weighted by Crippen LogP contribution is -2.29. The van der Waals surface area contributed by atoms with Gasteiger partial charge < -0.3 is 29.2 Å². The number of ether oxygens (including phenoxy) is 3. The lowest BCUT2D eigenvalue weighted by molar-refractivity contribution is 0.0908. The Bertz CT molecular complexity index is 711. The molecule has 1 heterocycles. The highest BCUT2D eigenvalue weighted by atomic mass is 16.5. The maximum Gasteiger partial charge on any atom is 0.255 e. The number of amides is 1. The Morgan fingerprint density at radius 1 is 1.17 bits per heavy atom. The molecule has 24 heavy (non-hydrogen) atoms. The van der Waals surface area contributed by atoms with Crippen LogP contribution in [-0.2, 0) is 7.05 Å². The minimum Gasteiger partial charge on any atom is -0.493 e. The SMILES string of the molecule is COc1ccc(C(=O)NCC(O)c2cccn2C)c(OC)c1OC. The summed E-state index contributed by atoms with van der Waals surface area (Å²) < 4.78 is 17.6. The molecule has 7 nitrogen and oxygen atoms in total. The van der Waals surface area contributed by atoms with Gasteiger partial charge in [-0.1, -0.05) is 0 Å². The number of aryl methyl sites for hydroxylation is 1. The van der Waals surface area contributed by atoms with Gasteiger partial charge in [-0.05, 0) is 24.3 Å². The minimum atomic E-state index is -0.805. The van der Waals surface area contributed by atoms with Crippen LogP contribution < -0.4 is 19.5 Å². The number of aromatic nitrogens is 1. The Morgan fingerprint density at radius 3 is 2.42 bits per heavy atom. The van der Waals surface area contributed by atoms with Crippen LogP contribution in [0.1, 0.15) is 22.2 Å². The van der Waals surface area contributed by atoms with Crippen molar-refractivity contribution < 1.29 is 24.1 Å². The third-order valence-electron chi connectivity index (χ3n) is 3.73. The van der Waals surface area contributed by atoms with Gasteiger partial charge >= 0.3 is 0 Å². The van der Waals surface area contributed by atoms with Crippen molar-refractivity contribution in [1.82, 2.24) is 9.88 Å². The summed E-state index contributed by atoms with van der Waals surface area (Å²) in [5, 5.41) is 12.9. The highest BCUT2D eigenvalue weighted by Gasteiger charge is 2.21. The van der Waals surface area contributed by atoms with E-state index in [-0.39, 0.29) is 18.2 Å². The number of nitrogens with zero attached hydrogens (tertiary/aromatic N) is 1. The van der Waals surface area contributed by atoms with E-state index in [4.69, 9.17) is 14.2 Å². The summed E-state index contributed by atoms with van der Waals surface area (Å²) in [6.45, 7) is 0.0776. The van der Waals surface area contributed by atoms with Crippen LogP contribution >= 0.6 is 0 Å². The van der Waals surface area contributed by atoms with E-state index in [2.05, 4.69) is 5.32 Å². The summed E-state index contributed by atoms with van der Waals surface area (Å²) in [4.78, 5) is 12.4. The van der Waals surface area contributed by atoms with Gasteiger partial charge in [0.25, 0.3) is 5.91 Å². The molecule has 1 amide bonds. The number of hydrogen-bond donors (Lipinski definition) is 2. The van der Waals surface area contributed by atoms with Crippen LogP contribution in [0.15, 0.2) is 30.5 Å². The smallest absolute Gasteiger partial charge is 0.255 e. The van der Waals surface area contributed by atoms with E-state index in [0.717, 1.165) is 5.69 Å². The standard InChI is InChI=1S/C17H22N2O5/c1-19-9-5-6-12(19)13(20)10-18-17(21)11-7-8-14(22-2)16(24-4)15(11)23-3/h5-9,13,20H,10H2,1-4H3,(H,18,21). The first-order valence-electron chi connectivity index (χ1n) is 7.39. The Hall–Kier alpha value is -2.67. The van der Waals surface area contributed by atoms with Gasteiger partial charge in [0.05, 0.1) is 26.9 Å². The van der Waals surface area contributed by atoms with Crippen molar-refractivity contribution in [3.05, 3.63) is 41.7 Å². The van der Waals surface area contributed by atoms with Gasteiger partial charge in [0.1, 0.15) is 6.10 Å². The van der Waals surface area contributed by atoms with E-state index in [1.54, 1.807) is 22.8 Å². The van der Waals surface area contributed by atoms with E-state index in [0.29, 0.717) is 17.1 Å². The molecule has 1 atom stereocenters. The molecule has 2 rings (SSSR count). The van der Waals surface area contributed by atoms with Gasteiger partial charge in [-0.25, -0.2) is 0 Å². The second-order valence-electron chi connectivity index (χ2n) is 5.15. The summed E-state index contributed by atoms with van der Waals surface area (Å²) >= 11 is 0. The molecule has 0 saturated carbocycles. The van der Waals surface area contributed by atoms with E-state index in [1.165, 1.54) is 21.3 Å². The molecule has 0 saturated heterocycles. The third-order valence-corrected chi connectivity index (χ3v) is 3.73. The molecule has 0 fully saturated rings. The predicted molar refractivity (Wildman–Crippen MR) is 88.8 cm³/mol. The number of hydrogen-bond acceptors (Lipinski definition) is 5. The quantitative estimate of drug-likeness (QED) is 0.802. The first kappa shape index (κ1) is 17.7.